The van der Waals surface area contributed by atoms with Crippen molar-refractivity contribution in [1.29, 1.82) is 0 Å². The highest BCUT2D eigenvalue weighted by atomic mass is 16.2. The molecule has 0 heterocycles. The van der Waals surface area contributed by atoms with Crippen LogP contribution in [0.1, 0.15) is 13.3 Å². The quantitative estimate of drug-likeness (QED) is 0.219. The fourth-order valence-corrected chi connectivity index (χ4v) is 1.26. The second-order valence-corrected chi connectivity index (χ2v) is 3.16. The van der Waals surface area contributed by atoms with Crippen LogP contribution in [0.25, 0.3) is 0 Å². The van der Waals surface area contributed by atoms with Crippen molar-refractivity contribution < 1.29 is 9.59 Å². The highest BCUT2D eigenvalue weighted by molar-refractivity contribution is 5.95. The summed E-state index contributed by atoms with van der Waals surface area (Å²) < 4.78 is 0. The number of carbonyl (C=O) groups excluding carboxylic acids is 2. The number of hydrogen-bond acceptors (Lipinski definition) is 4. The van der Waals surface area contributed by atoms with E-state index in [9.17, 15) is 9.59 Å². The van der Waals surface area contributed by atoms with Crippen LogP contribution in [0.5, 0.6) is 0 Å². The molecule has 1 saturated carbocycles. The normalized spacial score (nSPS) is 32.4. The molecule has 1 rings (SSSR count). The maximum atomic E-state index is 11.1. The number of nitrogens with one attached hydrogen (secondary N) is 2. The molecular weight excluding hydrogens is 160 g/mol. The first-order valence-electron chi connectivity index (χ1n) is 3.57. The Kier molecular flexibility index (Phi) is 2.03. The summed E-state index contributed by atoms with van der Waals surface area (Å²) in [6, 6.07) is 0. The summed E-state index contributed by atoms with van der Waals surface area (Å²) in [6.07, 6.45) is 0.499. The van der Waals surface area contributed by atoms with Gasteiger partial charge < -0.3 is 0 Å². The Hall–Kier alpha value is -1.14. The molecule has 0 aromatic rings. The summed E-state index contributed by atoms with van der Waals surface area (Å²) in [7, 11) is 0. The highest BCUT2D eigenvalue weighted by Gasteiger charge is 2.59. The molecule has 12 heavy (non-hydrogen) atoms. The number of nitrogens with two attached hydrogens (primary N) is 2. The molecule has 1 aliphatic carbocycles. The van der Waals surface area contributed by atoms with E-state index in [1.165, 1.54) is 0 Å². The zero-order valence-corrected chi connectivity index (χ0v) is 6.76. The van der Waals surface area contributed by atoms with E-state index in [2.05, 4.69) is 0 Å². The van der Waals surface area contributed by atoms with Crippen LogP contribution >= 0.6 is 0 Å². The van der Waals surface area contributed by atoms with Crippen molar-refractivity contribution >= 4 is 11.8 Å². The first-order chi connectivity index (χ1) is 5.56. The smallest absolute Gasteiger partial charge is 0.240 e. The lowest BCUT2D eigenvalue weighted by Crippen LogP contribution is -2.40. The van der Waals surface area contributed by atoms with E-state index in [0.717, 1.165) is 0 Å². The van der Waals surface area contributed by atoms with E-state index >= 15 is 0 Å². The van der Waals surface area contributed by atoms with Crippen molar-refractivity contribution in [3.8, 4) is 0 Å². The monoisotopic (exact) mass is 172 g/mol. The van der Waals surface area contributed by atoms with Crippen LogP contribution in [0, 0.1) is 11.3 Å². The van der Waals surface area contributed by atoms with Gasteiger partial charge in [-0.1, -0.05) is 0 Å². The molecule has 0 saturated heterocycles. The molecule has 6 heteroatoms. The van der Waals surface area contributed by atoms with Gasteiger partial charge in [-0.25, -0.2) is 11.7 Å². The maximum absolute atomic E-state index is 11.1. The summed E-state index contributed by atoms with van der Waals surface area (Å²) in [4.78, 5) is 22.0. The predicted octanol–water partition coefficient (Wildman–Crippen LogP) is -2.01. The largest absolute Gasteiger partial charge is 0.294 e. The van der Waals surface area contributed by atoms with Crippen molar-refractivity contribution in [3.63, 3.8) is 0 Å². The SMILES string of the molecule is C[C@]1(C(=O)NN)C[C@H]1C(=O)NN. The van der Waals surface area contributed by atoms with Crippen molar-refractivity contribution in [3.05, 3.63) is 0 Å². The molecular formula is C6H12N4O2. The Bertz CT molecular complexity index is 230. The van der Waals surface area contributed by atoms with Crippen LogP contribution in [0.2, 0.25) is 0 Å². The average Bonchev–Trinajstić information content (AvgIpc) is 2.76. The maximum Gasteiger partial charge on any atom is 0.240 e. The standard InChI is InChI=1S/C6H12N4O2/c1-6(5(12)10-8)2-3(6)4(11)9-7/h3H,2,7-8H2,1H3,(H,9,11)(H,10,12)/t3-,6-/m0/s1. The molecule has 1 fully saturated rings. The molecule has 0 aromatic heterocycles. The van der Waals surface area contributed by atoms with Crippen LogP contribution in [0.3, 0.4) is 0 Å². The van der Waals surface area contributed by atoms with Gasteiger partial charge in [-0.2, -0.15) is 0 Å². The zero-order chi connectivity index (χ0) is 9.35. The molecule has 68 valence electrons. The van der Waals surface area contributed by atoms with Gasteiger partial charge in [0.05, 0.1) is 11.3 Å². The first kappa shape index (κ1) is 8.95. The van der Waals surface area contributed by atoms with E-state index < -0.39 is 5.41 Å². The average molecular weight is 172 g/mol. The van der Waals surface area contributed by atoms with Gasteiger partial charge in [0.2, 0.25) is 11.8 Å². The third-order valence-corrected chi connectivity index (χ3v) is 2.35. The summed E-state index contributed by atoms with van der Waals surface area (Å²) in [5.41, 5.74) is 3.35. The van der Waals surface area contributed by atoms with Gasteiger partial charge in [-0.15, -0.1) is 0 Å². The van der Waals surface area contributed by atoms with E-state index in [-0.39, 0.29) is 17.7 Å². The van der Waals surface area contributed by atoms with Gasteiger partial charge >= 0.3 is 0 Å². The van der Waals surface area contributed by atoms with Gasteiger partial charge in [0.15, 0.2) is 0 Å². The topological polar surface area (TPSA) is 110 Å². The van der Waals surface area contributed by atoms with Gasteiger partial charge in [-0.05, 0) is 13.3 Å². The molecule has 6 N–H and O–H groups in total. The molecule has 0 radical (unpaired) electrons. The Morgan fingerprint density at radius 3 is 2.42 bits per heavy atom. The zero-order valence-electron chi connectivity index (χ0n) is 6.76. The van der Waals surface area contributed by atoms with Crippen LogP contribution < -0.4 is 22.5 Å². The van der Waals surface area contributed by atoms with E-state index in [1.807, 2.05) is 10.9 Å². The minimum Gasteiger partial charge on any atom is -0.294 e. The summed E-state index contributed by atoms with van der Waals surface area (Å²) in [5.74, 6) is 8.87. The first-order valence-corrected chi connectivity index (χ1v) is 3.57. The highest BCUT2D eigenvalue weighted by Crippen LogP contribution is 2.52. The van der Waals surface area contributed by atoms with Gasteiger partial charge in [0, 0.05) is 0 Å². The molecule has 0 bridgehead atoms. The second kappa shape index (κ2) is 2.72. The van der Waals surface area contributed by atoms with Crippen molar-refractivity contribution in [2.75, 3.05) is 0 Å². The minimum atomic E-state index is -0.668. The third kappa shape index (κ3) is 1.15. The fraction of sp³-hybridized carbons (Fsp3) is 0.667. The van der Waals surface area contributed by atoms with Crippen molar-refractivity contribution in [2.45, 2.75) is 13.3 Å². The van der Waals surface area contributed by atoms with E-state index in [1.54, 1.807) is 6.92 Å². The Labute approximate surface area is 69.6 Å². The van der Waals surface area contributed by atoms with Gasteiger partial charge in [0.25, 0.3) is 0 Å². The Balaban J connectivity index is 2.59. The minimum absolute atomic E-state index is 0.318. The molecule has 0 aromatic carbocycles. The van der Waals surface area contributed by atoms with Crippen LogP contribution in [-0.2, 0) is 9.59 Å². The van der Waals surface area contributed by atoms with Gasteiger partial charge in [0.1, 0.15) is 0 Å². The molecule has 0 aliphatic heterocycles. The lowest BCUT2D eigenvalue weighted by molar-refractivity contribution is -0.130. The Morgan fingerprint density at radius 2 is 2.00 bits per heavy atom. The second-order valence-electron chi connectivity index (χ2n) is 3.16. The molecule has 2 atom stereocenters. The number of amides is 2. The molecule has 2 amide bonds. The number of hydrogen-bond donors (Lipinski definition) is 4. The Morgan fingerprint density at radius 1 is 1.42 bits per heavy atom. The molecule has 0 spiro atoms. The summed E-state index contributed by atoms with van der Waals surface area (Å²) in [5, 5.41) is 0. The molecule has 6 nitrogen and oxygen atoms in total. The van der Waals surface area contributed by atoms with Crippen LogP contribution in [0.4, 0.5) is 0 Å². The molecule has 0 unspecified atom stereocenters. The van der Waals surface area contributed by atoms with Crippen LogP contribution in [-0.4, -0.2) is 11.8 Å². The van der Waals surface area contributed by atoms with Gasteiger partial charge in [-0.3, -0.25) is 20.4 Å². The summed E-state index contributed by atoms with van der Waals surface area (Å²) in [6.45, 7) is 1.68. The lowest BCUT2D eigenvalue weighted by Gasteiger charge is -2.07. The van der Waals surface area contributed by atoms with Crippen LogP contribution in [0.15, 0.2) is 0 Å². The van der Waals surface area contributed by atoms with E-state index in [4.69, 9.17) is 11.7 Å². The van der Waals surface area contributed by atoms with Crippen molar-refractivity contribution in [1.82, 2.24) is 10.9 Å². The predicted molar refractivity (Wildman–Crippen MR) is 40.9 cm³/mol. The third-order valence-electron chi connectivity index (χ3n) is 2.35. The van der Waals surface area contributed by atoms with E-state index in [0.29, 0.717) is 6.42 Å². The number of carbonyl (C=O) groups is 2. The fourth-order valence-electron chi connectivity index (χ4n) is 1.26. The molecule has 1 aliphatic rings. The lowest BCUT2D eigenvalue weighted by atomic mass is 10.1. The van der Waals surface area contributed by atoms with Crippen molar-refractivity contribution in [2.24, 2.45) is 23.0 Å². The number of rotatable bonds is 2. The number of hydrazine groups is 2. The summed E-state index contributed by atoms with van der Waals surface area (Å²) >= 11 is 0.